The Bertz CT molecular complexity index is 245. The molecule has 2 N–H and O–H groups in total. The highest BCUT2D eigenvalue weighted by atomic mass is 15.1. The smallest absolute Gasteiger partial charge is 0.00797 e. The van der Waals surface area contributed by atoms with Gasteiger partial charge in [0.15, 0.2) is 0 Å². The minimum absolute atomic E-state index is 0.437. The molecule has 17 heavy (non-hydrogen) atoms. The second-order valence-corrected chi connectivity index (χ2v) is 7.35. The lowest BCUT2D eigenvalue weighted by Gasteiger charge is -2.41. The van der Waals surface area contributed by atoms with Gasteiger partial charge >= 0.3 is 0 Å². The van der Waals surface area contributed by atoms with Gasteiger partial charge in [0.2, 0.25) is 0 Å². The number of hydrogen-bond donors (Lipinski definition) is 1. The molecule has 0 aromatic heterocycles. The van der Waals surface area contributed by atoms with Gasteiger partial charge in [0.25, 0.3) is 0 Å². The second-order valence-electron chi connectivity index (χ2n) is 7.35. The van der Waals surface area contributed by atoms with Gasteiger partial charge in [0.05, 0.1) is 0 Å². The summed E-state index contributed by atoms with van der Waals surface area (Å²) in [7, 11) is 2.28. The predicted octanol–water partition coefficient (Wildman–Crippen LogP) is 2.87. The van der Waals surface area contributed by atoms with Crippen LogP contribution >= 0.6 is 0 Å². The van der Waals surface area contributed by atoms with Gasteiger partial charge in [-0.25, -0.2) is 0 Å². The molecule has 2 heteroatoms. The molecule has 0 radical (unpaired) electrons. The molecule has 0 saturated heterocycles. The number of rotatable bonds is 4. The first-order valence-corrected chi connectivity index (χ1v) is 7.40. The summed E-state index contributed by atoms with van der Waals surface area (Å²) in [5, 5.41) is 0. The summed E-state index contributed by atoms with van der Waals surface area (Å²) in [6.45, 7) is 7.31. The highest BCUT2D eigenvalue weighted by Gasteiger charge is 2.33. The van der Waals surface area contributed by atoms with E-state index in [1.54, 1.807) is 0 Å². The van der Waals surface area contributed by atoms with Crippen LogP contribution in [0.3, 0.4) is 0 Å². The average molecular weight is 238 g/mol. The normalized spacial score (nSPS) is 33.7. The summed E-state index contributed by atoms with van der Waals surface area (Å²) in [6.07, 6.45) is 8.18. The summed E-state index contributed by atoms with van der Waals surface area (Å²) in [6, 6.07) is 0.437. The summed E-state index contributed by atoms with van der Waals surface area (Å²) in [5.74, 6) is 1.69. The van der Waals surface area contributed by atoms with Crippen LogP contribution in [0.1, 0.15) is 52.4 Å². The van der Waals surface area contributed by atoms with E-state index in [1.807, 2.05) is 0 Å². The van der Waals surface area contributed by atoms with Crippen LogP contribution in [-0.2, 0) is 0 Å². The van der Waals surface area contributed by atoms with Gasteiger partial charge in [0, 0.05) is 19.1 Å². The summed E-state index contributed by atoms with van der Waals surface area (Å²) in [5.41, 5.74) is 6.81. The molecular formula is C15H30N2. The molecule has 0 amide bonds. The number of nitrogens with zero attached hydrogens (tertiary/aromatic N) is 1. The zero-order valence-electron chi connectivity index (χ0n) is 11.9. The molecule has 0 aromatic rings. The van der Waals surface area contributed by atoms with E-state index in [-0.39, 0.29) is 0 Å². The van der Waals surface area contributed by atoms with Crippen molar-refractivity contribution in [3.8, 4) is 0 Å². The quantitative estimate of drug-likeness (QED) is 0.816. The Morgan fingerprint density at radius 1 is 1.18 bits per heavy atom. The molecule has 100 valence electrons. The summed E-state index contributed by atoms with van der Waals surface area (Å²) < 4.78 is 0. The first kappa shape index (κ1) is 13.4. The third kappa shape index (κ3) is 3.69. The van der Waals surface area contributed by atoms with Gasteiger partial charge in [-0.05, 0) is 56.4 Å². The van der Waals surface area contributed by atoms with E-state index >= 15 is 0 Å². The highest BCUT2D eigenvalue weighted by molar-refractivity contribution is 4.88. The molecule has 0 bridgehead atoms. The Morgan fingerprint density at radius 2 is 1.88 bits per heavy atom. The van der Waals surface area contributed by atoms with E-state index in [2.05, 4.69) is 25.8 Å². The van der Waals surface area contributed by atoms with Crippen molar-refractivity contribution in [3.63, 3.8) is 0 Å². The maximum absolute atomic E-state index is 6.30. The van der Waals surface area contributed by atoms with Crippen LogP contribution in [0, 0.1) is 17.3 Å². The van der Waals surface area contributed by atoms with Gasteiger partial charge in [-0.3, -0.25) is 0 Å². The molecule has 0 aromatic carbocycles. The molecule has 2 aliphatic carbocycles. The Morgan fingerprint density at radius 3 is 2.47 bits per heavy atom. The third-order valence-electron chi connectivity index (χ3n) is 4.92. The molecule has 0 spiro atoms. The monoisotopic (exact) mass is 238 g/mol. The van der Waals surface area contributed by atoms with E-state index in [4.69, 9.17) is 5.73 Å². The van der Waals surface area contributed by atoms with Gasteiger partial charge in [0.1, 0.15) is 0 Å². The van der Waals surface area contributed by atoms with Crippen LogP contribution in [0.2, 0.25) is 0 Å². The molecule has 0 heterocycles. The second kappa shape index (κ2) is 5.27. The number of nitrogens with two attached hydrogens (primary N) is 1. The molecule has 2 nitrogen and oxygen atoms in total. The standard InChI is InChI=1S/C15H30N2/c1-15(2)8-7-14(16)13(9-15)11-17(3)10-12-5-4-6-12/h12-14H,4-11,16H2,1-3H3. The summed E-state index contributed by atoms with van der Waals surface area (Å²) >= 11 is 0. The molecule has 2 atom stereocenters. The SMILES string of the molecule is CN(CC1CCC1)CC1CC(C)(C)CCC1N. The fraction of sp³-hybridized carbons (Fsp3) is 1.00. The Balaban J connectivity index is 1.79. The van der Waals surface area contributed by atoms with Crippen molar-refractivity contribution >= 4 is 0 Å². The summed E-state index contributed by atoms with van der Waals surface area (Å²) in [4.78, 5) is 2.54. The fourth-order valence-electron chi connectivity index (χ4n) is 3.55. The molecular weight excluding hydrogens is 208 g/mol. The van der Waals surface area contributed by atoms with E-state index < -0.39 is 0 Å². The van der Waals surface area contributed by atoms with Crippen LogP contribution in [0.15, 0.2) is 0 Å². The van der Waals surface area contributed by atoms with Crippen molar-refractivity contribution in [2.24, 2.45) is 23.0 Å². The Labute approximate surface area is 107 Å². The molecule has 2 aliphatic rings. The minimum Gasteiger partial charge on any atom is -0.327 e. The van der Waals surface area contributed by atoms with Crippen molar-refractivity contribution < 1.29 is 0 Å². The maximum Gasteiger partial charge on any atom is 0.00797 e. The van der Waals surface area contributed by atoms with Crippen LogP contribution < -0.4 is 5.73 Å². The highest BCUT2D eigenvalue weighted by Crippen LogP contribution is 2.38. The predicted molar refractivity (Wildman–Crippen MR) is 73.9 cm³/mol. The van der Waals surface area contributed by atoms with E-state index in [0.29, 0.717) is 17.4 Å². The van der Waals surface area contributed by atoms with Crippen LogP contribution in [-0.4, -0.2) is 31.1 Å². The number of hydrogen-bond acceptors (Lipinski definition) is 2. The molecule has 2 fully saturated rings. The lowest BCUT2D eigenvalue weighted by molar-refractivity contribution is 0.109. The zero-order chi connectivity index (χ0) is 12.5. The van der Waals surface area contributed by atoms with Gasteiger partial charge in [-0.2, -0.15) is 0 Å². The lowest BCUT2D eigenvalue weighted by atomic mass is 9.70. The van der Waals surface area contributed by atoms with Crippen molar-refractivity contribution in [2.45, 2.75) is 58.4 Å². The van der Waals surface area contributed by atoms with E-state index in [9.17, 15) is 0 Å². The van der Waals surface area contributed by atoms with Gasteiger partial charge in [-0.15, -0.1) is 0 Å². The molecule has 2 saturated carbocycles. The largest absolute Gasteiger partial charge is 0.327 e. The molecule has 0 aliphatic heterocycles. The maximum atomic E-state index is 6.30. The lowest BCUT2D eigenvalue weighted by Crippen LogP contribution is -2.45. The first-order valence-electron chi connectivity index (χ1n) is 7.40. The zero-order valence-corrected chi connectivity index (χ0v) is 11.9. The van der Waals surface area contributed by atoms with Crippen LogP contribution in [0.4, 0.5) is 0 Å². The van der Waals surface area contributed by atoms with Crippen molar-refractivity contribution in [3.05, 3.63) is 0 Å². The molecule has 2 unspecified atom stereocenters. The Kier molecular flexibility index (Phi) is 4.14. The van der Waals surface area contributed by atoms with Gasteiger partial charge in [-0.1, -0.05) is 20.3 Å². The van der Waals surface area contributed by atoms with Crippen molar-refractivity contribution in [2.75, 3.05) is 20.1 Å². The topological polar surface area (TPSA) is 29.3 Å². The first-order chi connectivity index (χ1) is 7.96. The van der Waals surface area contributed by atoms with E-state index in [1.165, 1.54) is 51.6 Å². The Hall–Kier alpha value is -0.0800. The van der Waals surface area contributed by atoms with Crippen molar-refractivity contribution in [1.82, 2.24) is 4.90 Å². The fourth-order valence-corrected chi connectivity index (χ4v) is 3.55. The van der Waals surface area contributed by atoms with Gasteiger partial charge < -0.3 is 10.6 Å². The third-order valence-corrected chi connectivity index (χ3v) is 4.92. The van der Waals surface area contributed by atoms with E-state index in [0.717, 1.165) is 5.92 Å². The average Bonchev–Trinajstić information content (AvgIpc) is 2.17. The van der Waals surface area contributed by atoms with Crippen molar-refractivity contribution in [1.29, 1.82) is 0 Å². The minimum atomic E-state index is 0.437. The molecule has 2 rings (SSSR count). The van der Waals surface area contributed by atoms with Crippen LogP contribution in [0.5, 0.6) is 0 Å². The van der Waals surface area contributed by atoms with Crippen LogP contribution in [0.25, 0.3) is 0 Å².